The van der Waals surface area contributed by atoms with Crippen molar-refractivity contribution in [1.82, 2.24) is 14.8 Å². The summed E-state index contributed by atoms with van der Waals surface area (Å²) in [5, 5.41) is 0.400. The number of carbonyl (C=O) groups is 2. The van der Waals surface area contributed by atoms with Crippen LogP contribution in [0.4, 0.5) is 4.39 Å². The molecule has 3 heterocycles. The number of carbonyl (C=O) groups excluding carboxylic acids is 2. The Kier molecular flexibility index (Phi) is 3.76. The minimum Gasteiger partial charge on any atom is -0.459 e. The van der Waals surface area contributed by atoms with Crippen molar-refractivity contribution in [2.24, 2.45) is 0 Å². The number of H-pyrrole nitrogens is 1. The number of benzene rings is 1. The summed E-state index contributed by atoms with van der Waals surface area (Å²) in [5.41, 5.74) is 0.945. The number of amides is 2. The lowest BCUT2D eigenvalue weighted by Crippen LogP contribution is -2.50. The first-order valence-electron chi connectivity index (χ1n) is 8.03. The standard InChI is InChI=1S/C18H16FN3O3/c19-13-3-1-4-14-12(13)11-15(20-14)17(23)21-6-8-22(9-7-21)18(24)16-5-2-10-25-16/h1-5,10-11,20H,6-9H2. The molecule has 7 heteroatoms. The van der Waals surface area contributed by atoms with E-state index in [0.29, 0.717) is 48.5 Å². The molecule has 1 aliphatic heterocycles. The normalized spacial score (nSPS) is 14.9. The second-order valence-electron chi connectivity index (χ2n) is 5.95. The Morgan fingerprint density at radius 3 is 2.36 bits per heavy atom. The summed E-state index contributed by atoms with van der Waals surface area (Å²) < 4.78 is 18.9. The van der Waals surface area contributed by atoms with Crippen molar-refractivity contribution in [2.75, 3.05) is 26.2 Å². The summed E-state index contributed by atoms with van der Waals surface area (Å²) in [6.45, 7) is 1.70. The second-order valence-corrected chi connectivity index (χ2v) is 5.95. The largest absolute Gasteiger partial charge is 0.459 e. The Morgan fingerprint density at radius 2 is 1.72 bits per heavy atom. The SMILES string of the molecule is O=C(c1cc2c(F)cccc2[nH]1)N1CCN(C(=O)c2ccco2)CC1. The van der Waals surface area contributed by atoms with E-state index in [2.05, 4.69) is 4.98 Å². The molecule has 0 radical (unpaired) electrons. The number of rotatable bonds is 2. The number of hydrogen-bond donors (Lipinski definition) is 1. The van der Waals surface area contributed by atoms with Crippen LogP contribution in [0.5, 0.6) is 0 Å². The van der Waals surface area contributed by atoms with Gasteiger partial charge in [-0.3, -0.25) is 9.59 Å². The summed E-state index contributed by atoms with van der Waals surface area (Å²) in [6, 6.07) is 9.52. The van der Waals surface area contributed by atoms with E-state index in [1.165, 1.54) is 18.4 Å². The number of piperazine rings is 1. The number of nitrogens with one attached hydrogen (secondary N) is 1. The average Bonchev–Trinajstić information content (AvgIpc) is 3.31. The van der Waals surface area contributed by atoms with Gasteiger partial charge in [0.25, 0.3) is 11.8 Å². The molecule has 25 heavy (non-hydrogen) atoms. The lowest BCUT2D eigenvalue weighted by atomic mass is 10.2. The predicted molar refractivity (Wildman–Crippen MR) is 88.8 cm³/mol. The fourth-order valence-corrected chi connectivity index (χ4v) is 3.07. The molecule has 1 N–H and O–H groups in total. The zero-order valence-electron chi connectivity index (χ0n) is 13.4. The van der Waals surface area contributed by atoms with Gasteiger partial charge in [0.1, 0.15) is 11.5 Å². The van der Waals surface area contributed by atoms with Gasteiger partial charge in [-0.05, 0) is 30.3 Å². The number of fused-ring (bicyclic) bond motifs is 1. The van der Waals surface area contributed by atoms with Crippen molar-refractivity contribution in [2.45, 2.75) is 0 Å². The molecular weight excluding hydrogens is 325 g/mol. The van der Waals surface area contributed by atoms with E-state index in [4.69, 9.17) is 4.42 Å². The van der Waals surface area contributed by atoms with E-state index >= 15 is 0 Å². The molecule has 3 aromatic rings. The van der Waals surface area contributed by atoms with Gasteiger partial charge in [-0.1, -0.05) is 6.07 Å². The van der Waals surface area contributed by atoms with Crippen LogP contribution in [0.1, 0.15) is 21.0 Å². The zero-order valence-corrected chi connectivity index (χ0v) is 13.4. The Balaban J connectivity index is 1.45. The summed E-state index contributed by atoms with van der Waals surface area (Å²) in [7, 11) is 0. The molecule has 1 aromatic carbocycles. The van der Waals surface area contributed by atoms with Crippen LogP contribution in [0, 0.1) is 5.82 Å². The first-order valence-corrected chi connectivity index (χ1v) is 8.03. The van der Waals surface area contributed by atoms with Crippen molar-refractivity contribution in [3.8, 4) is 0 Å². The van der Waals surface area contributed by atoms with E-state index in [9.17, 15) is 14.0 Å². The molecule has 1 aliphatic rings. The molecule has 1 saturated heterocycles. The lowest BCUT2D eigenvalue weighted by Gasteiger charge is -2.34. The van der Waals surface area contributed by atoms with E-state index in [-0.39, 0.29) is 17.6 Å². The van der Waals surface area contributed by atoms with Gasteiger partial charge in [0, 0.05) is 37.1 Å². The monoisotopic (exact) mass is 341 g/mol. The molecule has 1 fully saturated rings. The highest BCUT2D eigenvalue weighted by atomic mass is 19.1. The first kappa shape index (κ1) is 15.4. The van der Waals surface area contributed by atoms with Gasteiger partial charge in [-0.2, -0.15) is 0 Å². The maximum atomic E-state index is 13.8. The van der Waals surface area contributed by atoms with Gasteiger partial charge >= 0.3 is 0 Å². The Labute approximate surface area is 142 Å². The highest BCUT2D eigenvalue weighted by Gasteiger charge is 2.27. The van der Waals surface area contributed by atoms with E-state index in [1.807, 2.05) is 0 Å². The van der Waals surface area contributed by atoms with Crippen LogP contribution in [0.3, 0.4) is 0 Å². The molecule has 128 valence electrons. The summed E-state index contributed by atoms with van der Waals surface area (Å²) in [5.74, 6) is -0.432. The number of aromatic nitrogens is 1. The predicted octanol–water partition coefficient (Wildman–Crippen LogP) is 2.50. The van der Waals surface area contributed by atoms with Crippen molar-refractivity contribution < 1.29 is 18.4 Å². The van der Waals surface area contributed by atoms with Crippen LogP contribution in [0.2, 0.25) is 0 Å². The van der Waals surface area contributed by atoms with Gasteiger partial charge in [0.05, 0.1) is 6.26 Å². The molecule has 0 aliphatic carbocycles. The third-order valence-electron chi connectivity index (χ3n) is 4.43. The molecule has 0 spiro atoms. The molecule has 0 bridgehead atoms. The minimum atomic E-state index is -0.360. The highest BCUT2D eigenvalue weighted by molar-refractivity contribution is 5.98. The molecule has 0 unspecified atom stereocenters. The molecule has 2 amide bonds. The number of halogens is 1. The van der Waals surface area contributed by atoms with Crippen molar-refractivity contribution in [3.05, 3.63) is 59.9 Å². The van der Waals surface area contributed by atoms with Crippen molar-refractivity contribution in [3.63, 3.8) is 0 Å². The first-order chi connectivity index (χ1) is 12.1. The number of nitrogens with zero attached hydrogens (tertiary/aromatic N) is 2. The molecule has 4 rings (SSSR count). The molecular formula is C18H16FN3O3. The number of hydrogen-bond acceptors (Lipinski definition) is 3. The highest BCUT2D eigenvalue weighted by Crippen LogP contribution is 2.20. The van der Waals surface area contributed by atoms with Gasteiger partial charge in [0.2, 0.25) is 0 Å². The van der Waals surface area contributed by atoms with E-state index in [1.54, 1.807) is 34.1 Å². The third-order valence-corrected chi connectivity index (χ3v) is 4.43. The van der Waals surface area contributed by atoms with Crippen LogP contribution in [0.15, 0.2) is 47.1 Å². The summed E-state index contributed by atoms with van der Waals surface area (Å²) in [4.78, 5) is 31.2. The topological polar surface area (TPSA) is 69.6 Å². The van der Waals surface area contributed by atoms with Gasteiger partial charge in [0.15, 0.2) is 5.76 Å². The van der Waals surface area contributed by atoms with Gasteiger partial charge in [-0.15, -0.1) is 0 Å². The van der Waals surface area contributed by atoms with Crippen LogP contribution < -0.4 is 0 Å². The fraction of sp³-hybridized carbons (Fsp3) is 0.222. The quantitative estimate of drug-likeness (QED) is 0.779. The van der Waals surface area contributed by atoms with Gasteiger partial charge < -0.3 is 19.2 Å². The van der Waals surface area contributed by atoms with Crippen molar-refractivity contribution in [1.29, 1.82) is 0 Å². The minimum absolute atomic E-state index is 0.176. The Bertz CT molecular complexity index is 924. The fourth-order valence-electron chi connectivity index (χ4n) is 3.07. The lowest BCUT2D eigenvalue weighted by molar-refractivity contribution is 0.0516. The van der Waals surface area contributed by atoms with Crippen LogP contribution in [0.25, 0.3) is 10.9 Å². The van der Waals surface area contributed by atoms with Crippen LogP contribution in [-0.4, -0.2) is 52.8 Å². The molecule has 0 atom stereocenters. The maximum Gasteiger partial charge on any atom is 0.289 e. The van der Waals surface area contributed by atoms with E-state index < -0.39 is 0 Å². The molecule has 0 saturated carbocycles. The van der Waals surface area contributed by atoms with Gasteiger partial charge in [-0.25, -0.2) is 4.39 Å². The van der Waals surface area contributed by atoms with Crippen LogP contribution >= 0.6 is 0 Å². The average molecular weight is 341 g/mol. The zero-order chi connectivity index (χ0) is 17.4. The van der Waals surface area contributed by atoms with E-state index in [0.717, 1.165) is 0 Å². The second kappa shape index (κ2) is 6.08. The van der Waals surface area contributed by atoms with Crippen molar-refractivity contribution >= 4 is 22.7 Å². The Morgan fingerprint density at radius 1 is 1.00 bits per heavy atom. The third kappa shape index (κ3) is 2.77. The summed E-state index contributed by atoms with van der Waals surface area (Å²) in [6.07, 6.45) is 1.46. The van der Waals surface area contributed by atoms with Crippen LogP contribution in [-0.2, 0) is 0 Å². The molecule has 6 nitrogen and oxygen atoms in total. The molecule has 2 aromatic heterocycles. The Hall–Kier alpha value is -3.09. The smallest absolute Gasteiger partial charge is 0.289 e. The maximum absolute atomic E-state index is 13.8. The number of furan rings is 1. The summed E-state index contributed by atoms with van der Waals surface area (Å²) >= 11 is 0. The number of aromatic amines is 1.